The highest BCUT2D eigenvalue weighted by atomic mass is 127. The number of rotatable bonds is 13. The molecule has 0 bridgehead atoms. The molecule has 2 aromatic carbocycles. The predicted octanol–water partition coefficient (Wildman–Crippen LogP) is 3.68. The molecule has 4 N–H and O–H groups in total. The van der Waals surface area contributed by atoms with E-state index in [2.05, 4.69) is 20.1 Å². The first kappa shape index (κ1) is 32.5. The van der Waals surface area contributed by atoms with Crippen LogP contribution >= 0.6 is 22.6 Å². The fourth-order valence-corrected chi connectivity index (χ4v) is 5.52. The molecule has 0 unspecified atom stereocenters. The van der Waals surface area contributed by atoms with Crippen molar-refractivity contribution in [2.24, 2.45) is 7.05 Å². The summed E-state index contributed by atoms with van der Waals surface area (Å²) < 4.78 is 58.8. The number of carbonyl (C=O) groups excluding carboxylic acids is 1. The van der Waals surface area contributed by atoms with E-state index in [4.69, 9.17) is 9.47 Å². The Bertz CT molecular complexity index is 1690. The van der Waals surface area contributed by atoms with Crippen LogP contribution in [0.4, 0.5) is 21.6 Å². The summed E-state index contributed by atoms with van der Waals surface area (Å²) in [5.41, 5.74) is -0.283. The number of para-hydroxylation sites is 1. The molecule has 0 saturated heterocycles. The maximum atomic E-state index is 14.9. The fourth-order valence-electron chi connectivity index (χ4n) is 4.18. The second kappa shape index (κ2) is 13.5. The number of pyridine rings is 1. The van der Waals surface area contributed by atoms with Gasteiger partial charge in [0.2, 0.25) is 0 Å². The SMILES string of the molecule is COc1c(NS(=O)(=O)NCCN(C)C)cccc1Oc1c(C(=O)NC2CC2)c(Nc2ccc(I)cc2F)n(C)c(=O)c1C. The number of benzene rings is 2. The largest absolute Gasteiger partial charge is 0.491 e. The van der Waals surface area contributed by atoms with Gasteiger partial charge in [0.1, 0.15) is 17.2 Å². The number of methoxy groups -OCH3 is 1. The van der Waals surface area contributed by atoms with E-state index < -0.39 is 27.5 Å². The number of anilines is 3. The Morgan fingerprint density at radius 3 is 2.51 bits per heavy atom. The van der Waals surface area contributed by atoms with Crippen LogP contribution < -0.4 is 35.1 Å². The first-order valence-electron chi connectivity index (χ1n) is 13.3. The standard InChI is InChI=1S/C28H34FIN6O6S/c1-16-24(42-22-8-6-7-21(25(22)41-5)34-43(39,40)31-13-14-35(2)3)23(27(37)32-18-10-11-18)26(36(4)28(16)38)33-20-12-9-17(30)15-19(20)29/h6-9,12,15,18,31,33-34H,10-11,13-14H2,1-5H3,(H,32,37). The van der Waals surface area contributed by atoms with E-state index in [9.17, 15) is 22.4 Å². The lowest BCUT2D eigenvalue weighted by molar-refractivity contribution is 0.0948. The molecule has 3 aromatic rings. The summed E-state index contributed by atoms with van der Waals surface area (Å²) in [5.74, 6) is -1.10. The van der Waals surface area contributed by atoms with Crippen molar-refractivity contribution in [1.29, 1.82) is 0 Å². The highest BCUT2D eigenvalue weighted by molar-refractivity contribution is 14.1. The second-order valence-electron chi connectivity index (χ2n) is 10.3. The molecule has 1 amide bonds. The summed E-state index contributed by atoms with van der Waals surface area (Å²) in [4.78, 5) is 28.9. The van der Waals surface area contributed by atoms with Crippen molar-refractivity contribution in [3.8, 4) is 17.2 Å². The zero-order valence-corrected chi connectivity index (χ0v) is 27.4. The number of nitrogens with one attached hydrogen (secondary N) is 4. The van der Waals surface area contributed by atoms with Gasteiger partial charge < -0.3 is 25.0 Å². The van der Waals surface area contributed by atoms with Crippen LogP contribution in [0.15, 0.2) is 41.2 Å². The molecule has 1 fully saturated rings. The predicted molar refractivity (Wildman–Crippen MR) is 171 cm³/mol. The zero-order valence-electron chi connectivity index (χ0n) is 24.4. The number of ether oxygens (including phenoxy) is 2. The molecular weight excluding hydrogens is 694 g/mol. The Morgan fingerprint density at radius 1 is 1.16 bits per heavy atom. The van der Waals surface area contributed by atoms with Crippen LogP contribution in [0.3, 0.4) is 0 Å². The molecule has 1 heterocycles. The van der Waals surface area contributed by atoms with E-state index in [1.807, 2.05) is 41.6 Å². The van der Waals surface area contributed by atoms with Crippen LogP contribution in [0, 0.1) is 16.3 Å². The number of amides is 1. The minimum Gasteiger partial charge on any atom is -0.491 e. The summed E-state index contributed by atoms with van der Waals surface area (Å²) in [7, 11) is 2.47. The van der Waals surface area contributed by atoms with Crippen molar-refractivity contribution in [2.75, 3.05) is 44.3 Å². The molecule has 0 atom stereocenters. The van der Waals surface area contributed by atoms with E-state index in [1.54, 1.807) is 6.07 Å². The molecule has 0 spiro atoms. The minimum absolute atomic E-state index is 0.0183. The van der Waals surface area contributed by atoms with Gasteiger partial charge in [-0.15, -0.1) is 0 Å². The van der Waals surface area contributed by atoms with Crippen LogP contribution in [-0.2, 0) is 17.3 Å². The topological polar surface area (TPSA) is 143 Å². The molecule has 1 saturated carbocycles. The van der Waals surface area contributed by atoms with Gasteiger partial charge in [-0.05, 0) is 86.8 Å². The van der Waals surface area contributed by atoms with Crippen LogP contribution in [0.1, 0.15) is 28.8 Å². The summed E-state index contributed by atoms with van der Waals surface area (Å²) in [5, 5.41) is 5.83. The summed E-state index contributed by atoms with van der Waals surface area (Å²) in [6.45, 7) is 2.16. The Balaban J connectivity index is 1.80. The molecule has 4 rings (SSSR count). The van der Waals surface area contributed by atoms with Gasteiger partial charge in [0.15, 0.2) is 17.2 Å². The van der Waals surface area contributed by atoms with Gasteiger partial charge >= 0.3 is 0 Å². The monoisotopic (exact) mass is 728 g/mol. The van der Waals surface area contributed by atoms with Crippen LogP contribution in [0.5, 0.6) is 17.2 Å². The van der Waals surface area contributed by atoms with Crippen molar-refractivity contribution >= 4 is 55.9 Å². The average Bonchev–Trinajstić information content (AvgIpc) is 3.75. The Morgan fingerprint density at radius 2 is 1.88 bits per heavy atom. The van der Waals surface area contributed by atoms with Gasteiger partial charge in [0.05, 0.1) is 24.0 Å². The number of likely N-dealkylation sites (N-methyl/N-ethyl adjacent to an activating group) is 1. The van der Waals surface area contributed by atoms with Crippen molar-refractivity contribution < 1.29 is 27.1 Å². The lowest BCUT2D eigenvalue weighted by Crippen LogP contribution is -2.35. The normalized spacial score (nSPS) is 13.1. The molecule has 232 valence electrons. The van der Waals surface area contributed by atoms with Crippen LogP contribution in [0.2, 0.25) is 0 Å². The van der Waals surface area contributed by atoms with Crippen molar-refractivity contribution in [2.45, 2.75) is 25.8 Å². The molecule has 0 aliphatic heterocycles. The zero-order chi connectivity index (χ0) is 31.5. The highest BCUT2D eigenvalue weighted by Crippen LogP contribution is 2.41. The number of carbonyl (C=O) groups is 1. The Hall–Kier alpha value is -3.41. The average molecular weight is 729 g/mol. The van der Waals surface area contributed by atoms with Crippen molar-refractivity contribution in [3.63, 3.8) is 0 Å². The summed E-state index contributed by atoms with van der Waals surface area (Å²) in [6, 6.07) is 9.03. The van der Waals surface area contributed by atoms with Gasteiger partial charge in [0.25, 0.3) is 21.7 Å². The lowest BCUT2D eigenvalue weighted by atomic mass is 10.1. The molecule has 1 aromatic heterocycles. The fraction of sp³-hybridized carbons (Fsp3) is 0.357. The first-order valence-corrected chi connectivity index (χ1v) is 15.9. The smallest absolute Gasteiger partial charge is 0.299 e. The third-order valence-electron chi connectivity index (χ3n) is 6.58. The first-order chi connectivity index (χ1) is 20.3. The quantitative estimate of drug-likeness (QED) is 0.196. The van der Waals surface area contributed by atoms with Gasteiger partial charge in [-0.1, -0.05) is 6.07 Å². The molecule has 0 radical (unpaired) electrons. The van der Waals surface area contributed by atoms with Crippen molar-refractivity contribution in [1.82, 2.24) is 19.5 Å². The lowest BCUT2D eigenvalue weighted by Gasteiger charge is -2.22. The third-order valence-corrected chi connectivity index (χ3v) is 8.32. The molecule has 1 aliphatic carbocycles. The number of aromatic nitrogens is 1. The molecule has 15 heteroatoms. The summed E-state index contributed by atoms with van der Waals surface area (Å²) in [6.07, 6.45) is 1.61. The van der Waals surface area contributed by atoms with Gasteiger partial charge in [0, 0.05) is 29.7 Å². The van der Waals surface area contributed by atoms with E-state index in [-0.39, 0.29) is 58.2 Å². The third kappa shape index (κ3) is 7.95. The second-order valence-corrected chi connectivity index (χ2v) is 13.0. The minimum atomic E-state index is -3.98. The number of nitrogens with zero attached hydrogens (tertiary/aromatic N) is 2. The van der Waals surface area contributed by atoms with Gasteiger partial charge in [-0.25, -0.2) is 4.39 Å². The maximum Gasteiger partial charge on any atom is 0.299 e. The Labute approximate surface area is 263 Å². The highest BCUT2D eigenvalue weighted by Gasteiger charge is 2.31. The summed E-state index contributed by atoms with van der Waals surface area (Å²) >= 11 is 1.98. The van der Waals surface area contributed by atoms with Gasteiger partial charge in [-0.2, -0.15) is 13.1 Å². The molecule has 1 aliphatic rings. The number of hydrogen-bond acceptors (Lipinski definition) is 8. The molecular formula is C28H34FIN6O6S. The van der Waals surface area contributed by atoms with Gasteiger partial charge in [-0.3, -0.25) is 18.9 Å². The molecule has 12 nitrogen and oxygen atoms in total. The van der Waals surface area contributed by atoms with E-state index >= 15 is 0 Å². The Kier molecular flexibility index (Phi) is 10.2. The van der Waals surface area contributed by atoms with Crippen molar-refractivity contribution in [3.05, 3.63) is 67.3 Å². The number of halogens is 2. The van der Waals surface area contributed by atoms with E-state index in [0.29, 0.717) is 10.1 Å². The number of hydrogen-bond donors (Lipinski definition) is 4. The maximum absolute atomic E-state index is 14.9. The van der Waals surface area contributed by atoms with E-state index in [0.717, 1.165) is 12.8 Å². The molecule has 43 heavy (non-hydrogen) atoms. The van der Waals surface area contributed by atoms with Crippen LogP contribution in [-0.4, -0.2) is 64.1 Å². The van der Waals surface area contributed by atoms with E-state index in [1.165, 1.54) is 56.0 Å². The van der Waals surface area contributed by atoms with Crippen LogP contribution in [0.25, 0.3) is 0 Å².